The minimum absolute atomic E-state index is 0.439. The SMILES string of the molecule is COCC(CCCN)N1CCn2cnnc2C1. The molecule has 6 heteroatoms. The normalized spacial score (nSPS) is 18.0. The van der Waals surface area contributed by atoms with E-state index in [2.05, 4.69) is 19.7 Å². The Morgan fingerprint density at radius 3 is 3.18 bits per heavy atom. The summed E-state index contributed by atoms with van der Waals surface area (Å²) in [5, 5.41) is 8.08. The van der Waals surface area contributed by atoms with E-state index in [9.17, 15) is 0 Å². The molecule has 0 amide bonds. The molecule has 1 unspecified atom stereocenters. The van der Waals surface area contributed by atoms with Crippen molar-refractivity contribution in [3.63, 3.8) is 0 Å². The van der Waals surface area contributed by atoms with Crippen molar-refractivity contribution in [2.75, 3.05) is 26.8 Å². The molecule has 0 spiro atoms. The lowest BCUT2D eigenvalue weighted by Crippen LogP contribution is -2.43. The summed E-state index contributed by atoms with van der Waals surface area (Å²) in [6.07, 6.45) is 3.92. The summed E-state index contributed by atoms with van der Waals surface area (Å²) in [4.78, 5) is 2.42. The van der Waals surface area contributed by atoms with Gasteiger partial charge in [-0.25, -0.2) is 0 Å². The van der Waals surface area contributed by atoms with E-state index in [0.717, 1.165) is 51.5 Å². The molecular weight excluding hydrogens is 218 g/mol. The Balaban J connectivity index is 1.96. The number of hydrogen-bond donors (Lipinski definition) is 1. The van der Waals surface area contributed by atoms with Crippen molar-refractivity contribution >= 4 is 0 Å². The molecule has 1 aliphatic rings. The Kier molecular flexibility index (Phi) is 4.47. The molecule has 2 rings (SSSR count). The van der Waals surface area contributed by atoms with E-state index >= 15 is 0 Å². The van der Waals surface area contributed by atoms with Crippen LogP contribution in [0, 0.1) is 0 Å². The van der Waals surface area contributed by atoms with Crippen molar-refractivity contribution in [1.82, 2.24) is 19.7 Å². The average Bonchev–Trinajstić information content (AvgIpc) is 2.81. The molecule has 17 heavy (non-hydrogen) atoms. The topological polar surface area (TPSA) is 69.2 Å². The second-order valence-electron chi connectivity index (χ2n) is 4.45. The first-order chi connectivity index (χ1) is 8.35. The predicted molar refractivity (Wildman–Crippen MR) is 64.4 cm³/mol. The maximum atomic E-state index is 5.58. The number of nitrogens with two attached hydrogens (primary N) is 1. The number of fused-ring (bicyclic) bond motifs is 1. The summed E-state index contributed by atoms with van der Waals surface area (Å²) in [6, 6.07) is 0.439. The molecule has 1 aromatic rings. The molecule has 0 fully saturated rings. The molecule has 6 nitrogen and oxygen atoms in total. The monoisotopic (exact) mass is 239 g/mol. The standard InChI is InChI=1S/C11H21N5O/c1-17-8-10(3-2-4-12)15-5-6-16-9-13-14-11(16)7-15/h9-10H,2-8,12H2,1H3. The number of rotatable bonds is 6. The summed E-state index contributed by atoms with van der Waals surface area (Å²) in [5.41, 5.74) is 5.58. The molecule has 96 valence electrons. The number of nitrogens with zero attached hydrogens (tertiary/aromatic N) is 4. The van der Waals surface area contributed by atoms with Crippen LogP contribution in [0.25, 0.3) is 0 Å². The van der Waals surface area contributed by atoms with Gasteiger partial charge in [-0.05, 0) is 19.4 Å². The smallest absolute Gasteiger partial charge is 0.147 e. The molecule has 1 atom stereocenters. The first-order valence-corrected chi connectivity index (χ1v) is 6.15. The minimum atomic E-state index is 0.439. The third-order valence-corrected chi connectivity index (χ3v) is 3.29. The largest absolute Gasteiger partial charge is 0.383 e. The molecule has 0 aromatic carbocycles. The van der Waals surface area contributed by atoms with Crippen LogP contribution in [0.3, 0.4) is 0 Å². The van der Waals surface area contributed by atoms with Crippen LogP contribution >= 0.6 is 0 Å². The quantitative estimate of drug-likeness (QED) is 0.747. The maximum Gasteiger partial charge on any atom is 0.147 e. The Morgan fingerprint density at radius 1 is 1.53 bits per heavy atom. The molecule has 0 saturated heterocycles. The summed E-state index contributed by atoms with van der Waals surface area (Å²) in [6.45, 7) is 4.35. The molecule has 1 aliphatic heterocycles. The Hall–Kier alpha value is -0.980. The van der Waals surface area contributed by atoms with Crippen LogP contribution in [0.2, 0.25) is 0 Å². The van der Waals surface area contributed by atoms with Crippen LogP contribution in [-0.2, 0) is 17.8 Å². The fraction of sp³-hybridized carbons (Fsp3) is 0.818. The summed E-state index contributed by atoms with van der Waals surface area (Å²) in [7, 11) is 1.75. The van der Waals surface area contributed by atoms with E-state index in [0.29, 0.717) is 6.04 Å². The number of aromatic nitrogens is 3. The fourth-order valence-electron chi connectivity index (χ4n) is 2.31. The zero-order chi connectivity index (χ0) is 12.1. The van der Waals surface area contributed by atoms with E-state index in [-0.39, 0.29) is 0 Å². The molecule has 2 N–H and O–H groups in total. The van der Waals surface area contributed by atoms with Crippen molar-refractivity contribution < 1.29 is 4.74 Å². The summed E-state index contributed by atoms with van der Waals surface area (Å²) >= 11 is 0. The van der Waals surface area contributed by atoms with Gasteiger partial charge in [0.2, 0.25) is 0 Å². The summed E-state index contributed by atoms with van der Waals surface area (Å²) in [5.74, 6) is 1.05. The zero-order valence-corrected chi connectivity index (χ0v) is 10.4. The molecular formula is C11H21N5O. The van der Waals surface area contributed by atoms with Gasteiger partial charge < -0.3 is 15.0 Å². The van der Waals surface area contributed by atoms with E-state index in [1.165, 1.54) is 0 Å². The first-order valence-electron chi connectivity index (χ1n) is 6.15. The van der Waals surface area contributed by atoms with Gasteiger partial charge in [-0.2, -0.15) is 0 Å². The van der Waals surface area contributed by atoms with Crippen LogP contribution in [0.4, 0.5) is 0 Å². The molecule has 0 bridgehead atoms. The lowest BCUT2D eigenvalue weighted by Gasteiger charge is -2.34. The van der Waals surface area contributed by atoms with Crippen molar-refractivity contribution in [3.8, 4) is 0 Å². The Morgan fingerprint density at radius 2 is 2.41 bits per heavy atom. The van der Waals surface area contributed by atoms with Gasteiger partial charge in [0.05, 0.1) is 13.2 Å². The maximum absolute atomic E-state index is 5.58. The molecule has 0 radical (unpaired) electrons. The fourth-order valence-corrected chi connectivity index (χ4v) is 2.31. The Labute approximate surface area is 102 Å². The van der Waals surface area contributed by atoms with Crippen molar-refractivity contribution in [2.24, 2.45) is 5.73 Å². The number of methoxy groups -OCH3 is 1. The van der Waals surface area contributed by atoms with Gasteiger partial charge in [-0.15, -0.1) is 10.2 Å². The van der Waals surface area contributed by atoms with Crippen LogP contribution < -0.4 is 5.73 Å². The highest BCUT2D eigenvalue weighted by Crippen LogP contribution is 2.15. The van der Waals surface area contributed by atoms with E-state index < -0.39 is 0 Å². The third kappa shape index (κ3) is 3.02. The Bertz CT molecular complexity index is 340. The third-order valence-electron chi connectivity index (χ3n) is 3.29. The van der Waals surface area contributed by atoms with Crippen LogP contribution in [0.5, 0.6) is 0 Å². The highest BCUT2D eigenvalue weighted by Gasteiger charge is 2.24. The highest BCUT2D eigenvalue weighted by atomic mass is 16.5. The second kappa shape index (κ2) is 6.09. The van der Waals surface area contributed by atoms with Crippen LogP contribution in [0.15, 0.2) is 6.33 Å². The van der Waals surface area contributed by atoms with Gasteiger partial charge >= 0.3 is 0 Å². The predicted octanol–water partition coefficient (Wildman–Crippen LogP) is -0.152. The molecule has 2 heterocycles. The average molecular weight is 239 g/mol. The summed E-state index contributed by atoms with van der Waals surface area (Å²) < 4.78 is 7.41. The molecule has 1 aromatic heterocycles. The van der Waals surface area contributed by atoms with E-state index in [4.69, 9.17) is 10.5 Å². The first kappa shape index (κ1) is 12.5. The van der Waals surface area contributed by atoms with Crippen molar-refractivity contribution in [3.05, 3.63) is 12.2 Å². The van der Waals surface area contributed by atoms with Gasteiger partial charge in [0.15, 0.2) is 0 Å². The lowest BCUT2D eigenvalue weighted by molar-refractivity contribution is 0.0654. The van der Waals surface area contributed by atoms with Crippen molar-refractivity contribution in [2.45, 2.75) is 32.0 Å². The number of hydrogen-bond acceptors (Lipinski definition) is 5. The van der Waals surface area contributed by atoms with Crippen LogP contribution in [-0.4, -0.2) is 52.5 Å². The minimum Gasteiger partial charge on any atom is -0.383 e. The van der Waals surface area contributed by atoms with Gasteiger partial charge in [-0.1, -0.05) is 0 Å². The van der Waals surface area contributed by atoms with Crippen molar-refractivity contribution in [1.29, 1.82) is 0 Å². The van der Waals surface area contributed by atoms with E-state index in [1.807, 2.05) is 0 Å². The van der Waals surface area contributed by atoms with Gasteiger partial charge in [0, 0.05) is 26.2 Å². The van der Waals surface area contributed by atoms with E-state index in [1.54, 1.807) is 13.4 Å². The lowest BCUT2D eigenvalue weighted by atomic mass is 10.1. The second-order valence-corrected chi connectivity index (χ2v) is 4.45. The van der Waals surface area contributed by atoms with Gasteiger partial charge in [-0.3, -0.25) is 4.90 Å². The zero-order valence-electron chi connectivity index (χ0n) is 10.4. The van der Waals surface area contributed by atoms with Crippen LogP contribution in [0.1, 0.15) is 18.7 Å². The molecule has 0 saturated carbocycles. The number of ether oxygens (including phenoxy) is 1. The molecule has 0 aliphatic carbocycles. The highest BCUT2D eigenvalue weighted by molar-refractivity contribution is 4.91. The van der Waals surface area contributed by atoms with Gasteiger partial charge in [0.25, 0.3) is 0 Å². The van der Waals surface area contributed by atoms with Gasteiger partial charge in [0.1, 0.15) is 12.2 Å².